The van der Waals surface area contributed by atoms with E-state index in [4.69, 9.17) is 5.73 Å². The number of nitrogens with zero attached hydrogens (tertiary/aromatic N) is 5. The van der Waals surface area contributed by atoms with E-state index in [2.05, 4.69) is 10.1 Å². The van der Waals surface area contributed by atoms with E-state index in [9.17, 15) is 22.8 Å². The molecule has 32 heavy (non-hydrogen) atoms. The molecule has 0 saturated carbocycles. The zero-order valence-electron chi connectivity index (χ0n) is 17.2. The van der Waals surface area contributed by atoms with E-state index in [1.54, 1.807) is 12.1 Å². The van der Waals surface area contributed by atoms with Crippen molar-refractivity contribution in [1.29, 1.82) is 0 Å². The summed E-state index contributed by atoms with van der Waals surface area (Å²) in [5.74, 6) is -1.77. The number of anilines is 1. The first-order valence-electron chi connectivity index (χ1n) is 9.92. The van der Waals surface area contributed by atoms with Crippen LogP contribution in [0.5, 0.6) is 0 Å². The summed E-state index contributed by atoms with van der Waals surface area (Å²) in [5.41, 5.74) is 6.81. The van der Waals surface area contributed by atoms with Crippen molar-refractivity contribution >= 4 is 28.5 Å². The van der Waals surface area contributed by atoms with Crippen molar-refractivity contribution in [1.82, 2.24) is 24.6 Å². The molecule has 0 atom stereocenters. The van der Waals surface area contributed by atoms with Gasteiger partial charge in [-0.3, -0.25) is 14.3 Å². The average Bonchev–Trinajstić information content (AvgIpc) is 3.06. The molecule has 1 aliphatic rings. The van der Waals surface area contributed by atoms with Crippen molar-refractivity contribution in [3.05, 3.63) is 53.6 Å². The van der Waals surface area contributed by atoms with Crippen LogP contribution in [0.2, 0.25) is 0 Å². The van der Waals surface area contributed by atoms with Gasteiger partial charge in [-0.05, 0) is 12.1 Å². The Morgan fingerprint density at radius 2 is 2.00 bits per heavy atom. The lowest BCUT2D eigenvalue weighted by molar-refractivity contribution is -0.132. The molecule has 1 aromatic carbocycles. The smallest absolute Gasteiger partial charge is 0.257 e. The first-order valence-corrected chi connectivity index (χ1v) is 9.92. The Hall–Kier alpha value is -3.63. The van der Waals surface area contributed by atoms with Gasteiger partial charge in [0.05, 0.1) is 29.5 Å². The quantitative estimate of drug-likeness (QED) is 0.626. The average molecular weight is 446 g/mol. The topological polar surface area (TPSA) is 97.4 Å². The summed E-state index contributed by atoms with van der Waals surface area (Å²) in [6.45, 7) is -0.192. The number of hydrogen-bond donors (Lipinski definition) is 1. The highest BCUT2D eigenvalue weighted by Gasteiger charge is 2.36. The molecule has 3 aromatic rings. The summed E-state index contributed by atoms with van der Waals surface area (Å²) in [4.78, 5) is 31.0. The first-order chi connectivity index (χ1) is 15.2. The molecular weight excluding hydrogens is 425 g/mol. The van der Waals surface area contributed by atoms with Gasteiger partial charge in [0, 0.05) is 31.4 Å². The van der Waals surface area contributed by atoms with Crippen molar-refractivity contribution in [3.63, 3.8) is 0 Å². The summed E-state index contributed by atoms with van der Waals surface area (Å²) < 4.78 is 40.6. The first kappa shape index (κ1) is 21.6. The lowest BCUT2D eigenvalue weighted by Gasteiger charge is -2.38. The molecule has 0 bridgehead atoms. The fourth-order valence-electron chi connectivity index (χ4n) is 3.74. The van der Waals surface area contributed by atoms with E-state index in [0.717, 1.165) is 16.5 Å². The van der Waals surface area contributed by atoms with Gasteiger partial charge in [-0.2, -0.15) is 5.10 Å². The molecule has 0 aliphatic carbocycles. The maximum absolute atomic E-state index is 14.0. The van der Waals surface area contributed by atoms with Crippen LogP contribution in [0, 0.1) is 5.82 Å². The molecule has 1 saturated heterocycles. The van der Waals surface area contributed by atoms with Gasteiger partial charge in [0.25, 0.3) is 12.3 Å². The molecule has 168 valence electrons. The predicted molar refractivity (Wildman–Crippen MR) is 111 cm³/mol. The van der Waals surface area contributed by atoms with Crippen LogP contribution in [-0.4, -0.2) is 69.5 Å². The van der Waals surface area contributed by atoms with Gasteiger partial charge in [-0.25, -0.2) is 18.2 Å². The number of nitrogen functional groups attached to an aromatic ring is 1. The van der Waals surface area contributed by atoms with E-state index in [1.807, 2.05) is 12.1 Å². The molecular formula is C21H21F3N6O2. The summed E-state index contributed by atoms with van der Waals surface area (Å²) in [6, 6.07) is 8.49. The zero-order valence-corrected chi connectivity index (χ0v) is 17.2. The number of likely N-dealkylation sites (tertiary alicyclic amines) is 1. The van der Waals surface area contributed by atoms with Crippen LogP contribution in [-0.2, 0) is 11.3 Å². The van der Waals surface area contributed by atoms with Crippen molar-refractivity contribution in [3.8, 4) is 0 Å². The minimum Gasteiger partial charge on any atom is -0.384 e. The molecule has 4 rings (SSSR count). The van der Waals surface area contributed by atoms with Gasteiger partial charge in [0.15, 0.2) is 5.82 Å². The van der Waals surface area contributed by atoms with Crippen LogP contribution in [0.4, 0.5) is 19.0 Å². The highest BCUT2D eigenvalue weighted by atomic mass is 19.3. The molecule has 11 heteroatoms. The Labute approximate surface area is 181 Å². The standard InChI is InChI=1S/C21H21F3N6O2/c1-28(10-17(23)24)19(31)11-30-16-5-3-2-4-13(16)20(27-30)12-8-29(9-12)21(32)14-6-18(25)26-7-15(14)22/h2-7,12,17H,8-11H2,1H3,(H2,25,26). The van der Waals surface area contributed by atoms with Crippen LogP contribution in [0.25, 0.3) is 10.9 Å². The van der Waals surface area contributed by atoms with Crippen LogP contribution >= 0.6 is 0 Å². The number of alkyl halides is 2. The van der Waals surface area contributed by atoms with Gasteiger partial charge < -0.3 is 15.5 Å². The molecule has 0 unspecified atom stereocenters. The fraction of sp³-hybridized carbons (Fsp3) is 0.333. The maximum atomic E-state index is 14.0. The number of fused-ring (bicyclic) bond motifs is 1. The van der Waals surface area contributed by atoms with Gasteiger partial charge in [0.2, 0.25) is 5.91 Å². The fourth-order valence-corrected chi connectivity index (χ4v) is 3.74. The van der Waals surface area contributed by atoms with Crippen LogP contribution in [0.15, 0.2) is 36.5 Å². The predicted octanol–water partition coefficient (Wildman–Crippen LogP) is 2.12. The number of benzene rings is 1. The number of amides is 2. The molecule has 1 fully saturated rings. The van der Waals surface area contributed by atoms with Crippen molar-refractivity contribution in [2.24, 2.45) is 0 Å². The molecule has 0 spiro atoms. The third-order valence-corrected chi connectivity index (χ3v) is 5.47. The number of halogens is 3. The van der Waals surface area contributed by atoms with E-state index in [0.29, 0.717) is 24.3 Å². The van der Waals surface area contributed by atoms with Crippen LogP contribution in [0.1, 0.15) is 22.0 Å². The number of nitrogens with two attached hydrogens (primary N) is 1. The minimum atomic E-state index is -2.62. The van der Waals surface area contributed by atoms with Crippen LogP contribution < -0.4 is 5.73 Å². The second-order valence-corrected chi connectivity index (χ2v) is 7.72. The molecule has 1 aliphatic heterocycles. The van der Waals surface area contributed by atoms with Gasteiger partial charge >= 0.3 is 0 Å². The van der Waals surface area contributed by atoms with Gasteiger partial charge in [-0.1, -0.05) is 18.2 Å². The molecule has 3 heterocycles. The number of aromatic nitrogens is 3. The van der Waals surface area contributed by atoms with Crippen molar-refractivity contribution in [2.45, 2.75) is 18.9 Å². The highest BCUT2D eigenvalue weighted by Crippen LogP contribution is 2.33. The lowest BCUT2D eigenvalue weighted by Crippen LogP contribution is -2.49. The van der Waals surface area contributed by atoms with E-state index in [1.165, 1.54) is 22.7 Å². The number of hydrogen-bond acceptors (Lipinski definition) is 5. The number of carbonyl (C=O) groups excluding carboxylic acids is 2. The number of para-hydroxylation sites is 1. The Kier molecular flexibility index (Phi) is 5.72. The second-order valence-electron chi connectivity index (χ2n) is 7.72. The third kappa shape index (κ3) is 4.10. The number of pyridine rings is 1. The van der Waals surface area contributed by atoms with Gasteiger partial charge in [0.1, 0.15) is 12.4 Å². The minimum absolute atomic E-state index is 0.0537. The Morgan fingerprint density at radius 1 is 1.28 bits per heavy atom. The van der Waals surface area contributed by atoms with Gasteiger partial charge in [-0.15, -0.1) is 0 Å². The number of rotatable bonds is 6. The Bertz CT molecular complexity index is 1180. The largest absolute Gasteiger partial charge is 0.384 e. The Balaban J connectivity index is 1.52. The summed E-state index contributed by atoms with van der Waals surface area (Å²) in [7, 11) is 1.32. The molecule has 2 N–H and O–H groups in total. The molecule has 2 amide bonds. The Morgan fingerprint density at radius 3 is 2.72 bits per heavy atom. The van der Waals surface area contributed by atoms with E-state index >= 15 is 0 Å². The van der Waals surface area contributed by atoms with Crippen molar-refractivity contribution in [2.75, 3.05) is 32.4 Å². The maximum Gasteiger partial charge on any atom is 0.257 e. The molecule has 0 radical (unpaired) electrons. The number of likely N-dealkylation sites (N-methyl/N-ethyl adjacent to an activating group) is 1. The lowest BCUT2D eigenvalue weighted by atomic mass is 9.93. The highest BCUT2D eigenvalue weighted by molar-refractivity contribution is 5.96. The molecule has 2 aromatic heterocycles. The zero-order chi connectivity index (χ0) is 23.0. The van der Waals surface area contributed by atoms with Crippen LogP contribution in [0.3, 0.4) is 0 Å². The SMILES string of the molecule is CN(CC(F)F)C(=O)Cn1nc(C2CN(C(=O)c3cc(N)ncc3F)C2)c2ccccc21. The summed E-state index contributed by atoms with van der Waals surface area (Å²) in [5, 5.41) is 5.36. The van der Waals surface area contributed by atoms with Crippen molar-refractivity contribution < 1.29 is 22.8 Å². The summed E-state index contributed by atoms with van der Waals surface area (Å²) >= 11 is 0. The third-order valence-electron chi connectivity index (χ3n) is 5.47. The van der Waals surface area contributed by atoms with E-state index < -0.39 is 30.6 Å². The molecule has 8 nitrogen and oxygen atoms in total. The second kappa shape index (κ2) is 8.48. The monoisotopic (exact) mass is 446 g/mol. The van der Waals surface area contributed by atoms with E-state index in [-0.39, 0.29) is 23.8 Å². The number of carbonyl (C=O) groups is 2. The summed E-state index contributed by atoms with van der Waals surface area (Å²) in [6.07, 6.45) is -1.70. The normalized spacial score (nSPS) is 14.1.